The molecule has 2 heteroatoms. The second kappa shape index (κ2) is 5.76. The standard InChI is InChI=1S/C15H20O2/c1-12(8-15-9-13(2)10-17-15)4-3-5-14-6-7-16-11-14/h6-7,9-12H,3-5,8H2,1-2H3/t12-/m1/s1. The van der Waals surface area contributed by atoms with Gasteiger partial charge in [-0.15, -0.1) is 0 Å². The van der Waals surface area contributed by atoms with Gasteiger partial charge in [0.2, 0.25) is 0 Å². The van der Waals surface area contributed by atoms with Gasteiger partial charge in [-0.05, 0) is 55.4 Å². The minimum absolute atomic E-state index is 0.674. The quantitative estimate of drug-likeness (QED) is 0.738. The molecule has 0 fully saturated rings. The molecule has 2 aromatic heterocycles. The summed E-state index contributed by atoms with van der Waals surface area (Å²) in [5.41, 5.74) is 2.51. The van der Waals surface area contributed by atoms with Gasteiger partial charge in [0.25, 0.3) is 0 Å². The number of rotatable bonds is 6. The maximum atomic E-state index is 5.47. The summed E-state index contributed by atoms with van der Waals surface area (Å²) in [5, 5.41) is 0. The van der Waals surface area contributed by atoms with E-state index in [0.717, 1.165) is 18.6 Å². The zero-order valence-electron chi connectivity index (χ0n) is 10.6. The fourth-order valence-electron chi connectivity index (χ4n) is 2.13. The smallest absolute Gasteiger partial charge is 0.104 e. The van der Waals surface area contributed by atoms with E-state index >= 15 is 0 Å². The third-order valence-electron chi connectivity index (χ3n) is 3.08. The van der Waals surface area contributed by atoms with Crippen molar-refractivity contribution in [1.82, 2.24) is 0 Å². The van der Waals surface area contributed by atoms with Crippen molar-refractivity contribution in [3.8, 4) is 0 Å². The zero-order valence-corrected chi connectivity index (χ0v) is 10.6. The van der Waals surface area contributed by atoms with Gasteiger partial charge in [-0.3, -0.25) is 0 Å². The third-order valence-corrected chi connectivity index (χ3v) is 3.08. The first-order chi connectivity index (χ1) is 8.24. The highest BCUT2D eigenvalue weighted by atomic mass is 16.3. The van der Waals surface area contributed by atoms with E-state index in [4.69, 9.17) is 8.83 Å². The van der Waals surface area contributed by atoms with Gasteiger partial charge in [-0.2, -0.15) is 0 Å². The molecule has 0 aliphatic rings. The lowest BCUT2D eigenvalue weighted by Crippen LogP contribution is -1.99. The van der Waals surface area contributed by atoms with Crippen molar-refractivity contribution in [2.75, 3.05) is 0 Å². The van der Waals surface area contributed by atoms with Gasteiger partial charge in [-0.1, -0.05) is 6.92 Å². The monoisotopic (exact) mass is 232 g/mol. The summed E-state index contributed by atoms with van der Waals surface area (Å²) in [4.78, 5) is 0. The summed E-state index contributed by atoms with van der Waals surface area (Å²) < 4.78 is 10.5. The zero-order chi connectivity index (χ0) is 12.1. The van der Waals surface area contributed by atoms with Gasteiger partial charge < -0.3 is 8.83 Å². The number of aryl methyl sites for hydroxylation is 2. The fourth-order valence-corrected chi connectivity index (χ4v) is 2.13. The molecule has 0 radical (unpaired) electrons. The fraction of sp³-hybridized carbons (Fsp3) is 0.467. The molecule has 0 spiro atoms. The van der Waals surface area contributed by atoms with Gasteiger partial charge in [-0.25, -0.2) is 0 Å². The van der Waals surface area contributed by atoms with Gasteiger partial charge >= 0.3 is 0 Å². The Bertz CT molecular complexity index is 425. The molecular formula is C15H20O2. The molecule has 2 rings (SSSR count). The highest BCUT2D eigenvalue weighted by Gasteiger charge is 2.07. The molecule has 0 bridgehead atoms. The van der Waals surface area contributed by atoms with E-state index in [-0.39, 0.29) is 0 Å². The van der Waals surface area contributed by atoms with Gasteiger partial charge in [0, 0.05) is 6.42 Å². The number of furan rings is 2. The summed E-state index contributed by atoms with van der Waals surface area (Å²) >= 11 is 0. The Morgan fingerprint density at radius 3 is 2.82 bits per heavy atom. The molecule has 0 saturated carbocycles. The van der Waals surface area contributed by atoms with Crippen molar-refractivity contribution in [3.63, 3.8) is 0 Å². The van der Waals surface area contributed by atoms with Crippen LogP contribution in [0.2, 0.25) is 0 Å². The summed E-state index contributed by atoms with van der Waals surface area (Å²) in [6, 6.07) is 4.17. The lowest BCUT2D eigenvalue weighted by molar-refractivity contribution is 0.432. The molecule has 1 atom stereocenters. The molecule has 92 valence electrons. The predicted molar refractivity (Wildman–Crippen MR) is 68.0 cm³/mol. The SMILES string of the molecule is Cc1coc(C[C@H](C)CCCc2ccoc2)c1. The Hall–Kier alpha value is -1.44. The lowest BCUT2D eigenvalue weighted by atomic mass is 9.98. The Balaban J connectivity index is 1.69. The summed E-state index contributed by atoms with van der Waals surface area (Å²) in [7, 11) is 0. The first kappa shape index (κ1) is 12.0. The number of hydrogen-bond donors (Lipinski definition) is 0. The number of hydrogen-bond acceptors (Lipinski definition) is 2. The van der Waals surface area contributed by atoms with Crippen LogP contribution in [-0.2, 0) is 12.8 Å². The predicted octanol–water partition coefficient (Wildman–Crippen LogP) is 4.38. The van der Waals surface area contributed by atoms with E-state index in [0.29, 0.717) is 5.92 Å². The average Bonchev–Trinajstić information content (AvgIpc) is 2.90. The highest BCUT2D eigenvalue weighted by Crippen LogP contribution is 2.17. The van der Waals surface area contributed by atoms with Crippen LogP contribution in [0.5, 0.6) is 0 Å². The van der Waals surface area contributed by atoms with Gasteiger partial charge in [0.15, 0.2) is 0 Å². The van der Waals surface area contributed by atoms with Crippen LogP contribution in [0.3, 0.4) is 0 Å². The minimum Gasteiger partial charge on any atom is -0.472 e. The second-order valence-corrected chi connectivity index (χ2v) is 4.92. The molecule has 2 nitrogen and oxygen atoms in total. The van der Waals surface area contributed by atoms with Crippen LogP contribution in [0.15, 0.2) is 39.8 Å². The largest absolute Gasteiger partial charge is 0.472 e. The van der Waals surface area contributed by atoms with Crippen LogP contribution >= 0.6 is 0 Å². The summed E-state index contributed by atoms with van der Waals surface area (Å²) in [6.45, 7) is 4.35. The molecule has 2 aromatic rings. The molecule has 0 unspecified atom stereocenters. The highest BCUT2D eigenvalue weighted by molar-refractivity contribution is 5.10. The normalized spacial score (nSPS) is 12.8. The molecule has 0 aliphatic carbocycles. The van der Waals surface area contributed by atoms with Crippen molar-refractivity contribution < 1.29 is 8.83 Å². The van der Waals surface area contributed by atoms with Crippen LogP contribution in [0.1, 0.15) is 36.7 Å². The maximum absolute atomic E-state index is 5.47. The van der Waals surface area contributed by atoms with Crippen molar-refractivity contribution in [2.24, 2.45) is 5.92 Å². The first-order valence-corrected chi connectivity index (χ1v) is 6.29. The lowest BCUT2D eigenvalue weighted by Gasteiger charge is -2.08. The Morgan fingerprint density at radius 2 is 2.18 bits per heavy atom. The Labute approximate surface area is 103 Å². The van der Waals surface area contributed by atoms with E-state index in [1.165, 1.54) is 24.0 Å². The van der Waals surface area contributed by atoms with E-state index in [9.17, 15) is 0 Å². The van der Waals surface area contributed by atoms with E-state index in [1.54, 1.807) is 6.26 Å². The van der Waals surface area contributed by atoms with Crippen LogP contribution in [0.4, 0.5) is 0 Å². The summed E-state index contributed by atoms with van der Waals surface area (Å²) in [6.07, 6.45) is 9.99. The van der Waals surface area contributed by atoms with Crippen molar-refractivity contribution in [2.45, 2.75) is 39.5 Å². The molecule has 0 saturated heterocycles. The summed E-state index contributed by atoms with van der Waals surface area (Å²) in [5.74, 6) is 1.78. The topological polar surface area (TPSA) is 26.3 Å². The van der Waals surface area contributed by atoms with Crippen molar-refractivity contribution in [3.05, 3.63) is 47.8 Å². The minimum atomic E-state index is 0.674. The molecule has 2 heterocycles. The Morgan fingerprint density at radius 1 is 1.29 bits per heavy atom. The second-order valence-electron chi connectivity index (χ2n) is 4.92. The van der Waals surface area contributed by atoms with E-state index in [1.807, 2.05) is 18.6 Å². The molecular weight excluding hydrogens is 212 g/mol. The molecule has 0 N–H and O–H groups in total. The molecule has 0 amide bonds. The van der Waals surface area contributed by atoms with E-state index in [2.05, 4.69) is 19.9 Å². The average molecular weight is 232 g/mol. The van der Waals surface area contributed by atoms with Gasteiger partial charge in [0.05, 0.1) is 18.8 Å². The molecule has 0 aromatic carbocycles. The molecule has 0 aliphatic heterocycles. The van der Waals surface area contributed by atoms with Crippen LogP contribution in [0, 0.1) is 12.8 Å². The maximum Gasteiger partial charge on any atom is 0.104 e. The van der Waals surface area contributed by atoms with Crippen LogP contribution in [0.25, 0.3) is 0 Å². The van der Waals surface area contributed by atoms with Crippen molar-refractivity contribution >= 4 is 0 Å². The molecule has 17 heavy (non-hydrogen) atoms. The van der Waals surface area contributed by atoms with Crippen molar-refractivity contribution in [1.29, 1.82) is 0 Å². The first-order valence-electron chi connectivity index (χ1n) is 6.29. The Kier molecular flexibility index (Phi) is 4.08. The van der Waals surface area contributed by atoms with Crippen LogP contribution < -0.4 is 0 Å². The van der Waals surface area contributed by atoms with E-state index < -0.39 is 0 Å². The van der Waals surface area contributed by atoms with Crippen LogP contribution in [-0.4, -0.2) is 0 Å². The third kappa shape index (κ3) is 3.81. The van der Waals surface area contributed by atoms with Gasteiger partial charge in [0.1, 0.15) is 5.76 Å².